The van der Waals surface area contributed by atoms with Gasteiger partial charge in [-0.3, -0.25) is 0 Å². The number of hydrogen-bond acceptors (Lipinski definition) is 2. The lowest BCUT2D eigenvalue weighted by Gasteiger charge is -2.07. The Hall–Kier alpha value is -0.380. The van der Waals surface area contributed by atoms with E-state index >= 15 is 0 Å². The monoisotopic (exact) mass is 271 g/mol. The summed E-state index contributed by atoms with van der Waals surface area (Å²) in [4.78, 5) is 0. The van der Waals surface area contributed by atoms with Crippen molar-refractivity contribution >= 4 is 15.9 Å². The number of halogens is 1. The third-order valence-electron chi connectivity index (χ3n) is 2.17. The Kier molecular flexibility index (Phi) is 5.91. The van der Waals surface area contributed by atoms with Crippen LogP contribution in [0.1, 0.15) is 24.5 Å². The maximum Gasteiger partial charge on any atom is 0.0724 e. The van der Waals surface area contributed by atoms with Crippen molar-refractivity contribution in [2.75, 3.05) is 13.7 Å². The molecule has 2 nitrogen and oxygen atoms in total. The first-order chi connectivity index (χ1) is 7.27. The highest BCUT2D eigenvalue weighted by atomic mass is 79.9. The zero-order valence-electron chi connectivity index (χ0n) is 9.35. The smallest absolute Gasteiger partial charge is 0.0724 e. The van der Waals surface area contributed by atoms with Crippen LogP contribution in [0.25, 0.3) is 0 Å². The minimum absolute atomic E-state index is 0.656. The molecule has 0 heterocycles. The van der Waals surface area contributed by atoms with Crippen LogP contribution >= 0.6 is 15.9 Å². The number of methoxy groups -OCH3 is 1. The van der Waals surface area contributed by atoms with E-state index in [4.69, 9.17) is 4.74 Å². The van der Waals surface area contributed by atoms with Crippen molar-refractivity contribution in [3.8, 4) is 0 Å². The third-order valence-corrected chi connectivity index (χ3v) is 2.91. The van der Waals surface area contributed by atoms with Crippen LogP contribution in [-0.2, 0) is 17.9 Å². The van der Waals surface area contributed by atoms with Crippen LogP contribution in [0.4, 0.5) is 0 Å². The van der Waals surface area contributed by atoms with Crippen LogP contribution in [0.5, 0.6) is 0 Å². The number of hydrogen-bond donors (Lipinski definition) is 1. The van der Waals surface area contributed by atoms with Crippen molar-refractivity contribution in [3.05, 3.63) is 33.8 Å². The molecule has 0 saturated heterocycles. The second-order valence-electron chi connectivity index (χ2n) is 3.54. The van der Waals surface area contributed by atoms with E-state index in [1.165, 1.54) is 17.5 Å². The van der Waals surface area contributed by atoms with Gasteiger partial charge >= 0.3 is 0 Å². The van der Waals surface area contributed by atoms with Gasteiger partial charge in [-0.25, -0.2) is 0 Å². The quantitative estimate of drug-likeness (QED) is 0.803. The van der Waals surface area contributed by atoms with Crippen molar-refractivity contribution in [3.63, 3.8) is 0 Å². The van der Waals surface area contributed by atoms with E-state index in [1.807, 2.05) is 0 Å². The molecule has 3 heteroatoms. The van der Waals surface area contributed by atoms with E-state index < -0.39 is 0 Å². The van der Waals surface area contributed by atoms with E-state index in [1.54, 1.807) is 7.11 Å². The van der Waals surface area contributed by atoms with Crippen LogP contribution < -0.4 is 5.32 Å². The molecule has 1 rings (SSSR count). The van der Waals surface area contributed by atoms with Gasteiger partial charge in [0.05, 0.1) is 6.61 Å². The van der Waals surface area contributed by atoms with Crippen molar-refractivity contribution in [2.45, 2.75) is 26.5 Å². The SMILES string of the molecule is CCCNCc1ccc(COC)c(Br)c1. The lowest BCUT2D eigenvalue weighted by Crippen LogP contribution is -2.13. The van der Waals surface area contributed by atoms with Gasteiger partial charge in [-0.1, -0.05) is 35.0 Å². The van der Waals surface area contributed by atoms with Crippen molar-refractivity contribution in [1.82, 2.24) is 5.32 Å². The first kappa shape index (κ1) is 12.7. The van der Waals surface area contributed by atoms with Crippen LogP contribution in [-0.4, -0.2) is 13.7 Å². The fourth-order valence-electron chi connectivity index (χ4n) is 1.38. The predicted molar refractivity (Wildman–Crippen MR) is 66.9 cm³/mol. The maximum atomic E-state index is 5.10. The first-order valence-electron chi connectivity index (χ1n) is 5.25. The molecule has 1 aromatic carbocycles. The predicted octanol–water partition coefficient (Wildman–Crippen LogP) is 3.10. The van der Waals surface area contributed by atoms with Gasteiger partial charge < -0.3 is 10.1 Å². The molecule has 84 valence electrons. The average Bonchev–Trinajstić information content (AvgIpc) is 2.23. The molecule has 1 N–H and O–H groups in total. The van der Waals surface area contributed by atoms with Crippen LogP contribution in [0.15, 0.2) is 22.7 Å². The van der Waals surface area contributed by atoms with Gasteiger partial charge in [-0.2, -0.15) is 0 Å². The number of ether oxygens (including phenoxy) is 1. The molecule has 0 spiro atoms. The second kappa shape index (κ2) is 6.99. The Morgan fingerprint density at radius 2 is 2.20 bits per heavy atom. The molecule has 0 aromatic heterocycles. The number of nitrogens with one attached hydrogen (secondary N) is 1. The summed E-state index contributed by atoms with van der Waals surface area (Å²) in [5, 5.41) is 3.38. The Morgan fingerprint density at radius 3 is 2.80 bits per heavy atom. The molecule has 0 aliphatic rings. The Labute approximate surface area is 100 Å². The average molecular weight is 272 g/mol. The van der Waals surface area contributed by atoms with E-state index in [-0.39, 0.29) is 0 Å². The van der Waals surface area contributed by atoms with Gasteiger partial charge in [-0.05, 0) is 30.2 Å². The summed E-state index contributed by atoms with van der Waals surface area (Å²) in [5.74, 6) is 0. The summed E-state index contributed by atoms with van der Waals surface area (Å²) < 4.78 is 6.23. The molecule has 0 fully saturated rings. The molecule has 0 bridgehead atoms. The van der Waals surface area contributed by atoms with Crippen LogP contribution in [0.2, 0.25) is 0 Å². The summed E-state index contributed by atoms with van der Waals surface area (Å²) in [5.41, 5.74) is 2.49. The molecule has 0 atom stereocenters. The Bertz CT molecular complexity index is 302. The highest BCUT2D eigenvalue weighted by Gasteiger charge is 2.00. The van der Waals surface area contributed by atoms with Crippen molar-refractivity contribution in [1.29, 1.82) is 0 Å². The summed E-state index contributed by atoms with van der Waals surface area (Å²) in [6.07, 6.45) is 1.17. The molecule has 0 saturated carbocycles. The van der Waals surface area contributed by atoms with E-state index in [2.05, 4.69) is 46.4 Å². The summed E-state index contributed by atoms with van der Waals surface area (Å²) in [6, 6.07) is 6.40. The molecule has 0 unspecified atom stereocenters. The molecule has 0 aliphatic heterocycles. The lowest BCUT2D eigenvalue weighted by atomic mass is 10.1. The van der Waals surface area contributed by atoms with Crippen LogP contribution in [0, 0.1) is 0 Å². The summed E-state index contributed by atoms with van der Waals surface area (Å²) >= 11 is 3.55. The molecular weight excluding hydrogens is 254 g/mol. The lowest BCUT2D eigenvalue weighted by molar-refractivity contribution is 0.184. The van der Waals surface area contributed by atoms with Gasteiger partial charge in [0.25, 0.3) is 0 Å². The van der Waals surface area contributed by atoms with E-state index in [9.17, 15) is 0 Å². The van der Waals surface area contributed by atoms with Gasteiger partial charge in [0.15, 0.2) is 0 Å². The van der Waals surface area contributed by atoms with Crippen molar-refractivity contribution < 1.29 is 4.74 Å². The highest BCUT2D eigenvalue weighted by molar-refractivity contribution is 9.10. The van der Waals surface area contributed by atoms with Crippen LogP contribution in [0.3, 0.4) is 0 Å². The summed E-state index contributed by atoms with van der Waals surface area (Å²) in [6.45, 7) is 4.82. The third kappa shape index (κ3) is 4.33. The van der Waals surface area contributed by atoms with Gasteiger partial charge in [0, 0.05) is 18.1 Å². The molecule has 15 heavy (non-hydrogen) atoms. The minimum Gasteiger partial charge on any atom is -0.380 e. The molecule has 1 aromatic rings. The molecule has 0 amide bonds. The molecule has 0 aliphatic carbocycles. The second-order valence-corrected chi connectivity index (χ2v) is 4.39. The van der Waals surface area contributed by atoms with E-state index in [0.29, 0.717) is 6.61 Å². The fourth-order valence-corrected chi connectivity index (χ4v) is 1.92. The topological polar surface area (TPSA) is 21.3 Å². The number of rotatable bonds is 6. The summed E-state index contributed by atoms with van der Waals surface area (Å²) in [7, 11) is 1.71. The normalized spacial score (nSPS) is 10.6. The van der Waals surface area contributed by atoms with E-state index in [0.717, 1.165) is 17.6 Å². The standard InChI is InChI=1S/C12H18BrNO/c1-3-6-14-8-10-4-5-11(9-15-2)12(13)7-10/h4-5,7,14H,3,6,8-9H2,1-2H3. The molecular formula is C12H18BrNO. The van der Waals surface area contributed by atoms with Gasteiger partial charge in [0.1, 0.15) is 0 Å². The Morgan fingerprint density at radius 1 is 1.40 bits per heavy atom. The zero-order valence-corrected chi connectivity index (χ0v) is 10.9. The fraction of sp³-hybridized carbons (Fsp3) is 0.500. The van der Waals surface area contributed by atoms with Crippen molar-refractivity contribution in [2.24, 2.45) is 0 Å². The zero-order chi connectivity index (χ0) is 11.1. The van der Waals surface area contributed by atoms with Gasteiger partial charge in [0.2, 0.25) is 0 Å². The van der Waals surface area contributed by atoms with Gasteiger partial charge in [-0.15, -0.1) is 0 Å². The first-order valence-corrected chi connectivity index (χ1v) is 6.04. The molecule has 0 radical (unpaired) electrons. The minimum atomic E-state index is 0.656. The Balaban J connectivity index is 2.56. The largest absolute Gasteiger partial charge is 0.380 e. The number of benzene rings is 1. The highest BCUT2D eigenvalue weighted by Crippen LogP contribution is 2.19. The maximum absolute atomic E-state index is 5.10.